The molecule has 0 aliphatic rings. The van der Waals surface area contributed by atoms with E-state index in [1.807, 2.05) is 182 Å². The van der Waals surface area contributed by atoms with Crippen molar-refractivity contribution in [2.24, 2.45) is 0 Å². The Bertz CT molecular complexity index is 7270. The minimum atomic E-state index is -0.836. The van der Waals surface area contributed by atoms with Crippen LogP contribution in [0, 0.1) is 57.4 Å². The van der Waals surface area contributed by atoms with Crippen LogP contribution in [-0.4, -0.2) is 83.5 Å². The number of halogens is 1. The number of urea groups is 1. The number of esters is 1. The van der Waals surface area contributed by atoms with E-state index in [1.54, 1.807) is 127 Å². The number of ether oxygens (including phenoxy) is 4. The Kier molecular flexibility index (Phi) is 38.7. The van der Waals surface area contributed by atoms with Gasteiger partial charge in [-0.15, -0.1) is 0 Å². The van der Waals surface area contributed by atoms with Gasteiger partial charge in [-0.25, -0.2) is 48.3 Å². The molecule has 15 N–H and O–H groups in total. The average molecular weight is 1970 g/mol. The number of nitro groups is 3. The molecule has 17 rings (SSSR count). The van der Waals surface area contributed by atoms with Crippen LogP contribution in [0.5, 0.6) is 17.2 Å². The number of carbonyl (C=O) groups is 2. The average Bonchev–Trinajstić information content (AvgIpc) is 0.933. The van der Waals surface area contributed by atoms with Crippen LogP contribution < -0.4 is 108 Å². The van der Waals surface area contributed by atoms with Gasteiger partial charge in [0, 0.05) is 99.1 Å². The monoisotopic (exact) mass is 1960 g/mol. The minimum Gasteiger partial charge on any atom is -1.00 e. The van der Waals surface area contributed by atoms with E-state index in [-0.39, 0.29) is 106 Å². The maximum Gasteiger partial charge on any atom is 1.00 e. The SMILES string of the molecule is CC(C)(O)c1ccnc(N)c1.CC(C)(Oc1ccc([N+](=O)[O-])c2ccccc12)c1ccnc(N)c1.CC(C)(Oc1ccc([N+](=O)[O-])c2ccccc12)c1ccnc(N)c1.COC(=O)c1ccnc(N)c1.Cc1ccc(-n2nc(C(C)(C)C)cc2N)cc1.Cc1ccc(-n2nc(C(C)(C)C)cc2NC(=O)Nc2ccc(OC(C)(C)c3ccnc(N)c3)c3ccccc23)cc1.O=[N+]([O-])c1ccc(F)c2ccccc12.[CH3-].[H-].[Li+].[Na+]. The summed E-state index contributed by atoms with van der Waals surface area (Å²) < 4.78 is 40.1. The number of non-ortho nitro benzene ring substituents is 3. The zero-order valence-electron chi connectivity index (χ0n) is 85.8. The Morgan fingerprint density at radius 3 is 1.07 bits per heavy atom. The number of aliphatic hydroxyl groups is 1. The molecule has 0 saturated heterocycles. The van der Waals surface area contributed by atoms with Crippen molar-refractivity contribution < 1.29 is 103 Å². The summed E-state index contributed by atoms with van der Waals surface area (Å²) in [5, 5.41) is 62.8. The van der Waals surface area contributed by atoms with Gasteiger partial charge in [-0.05, 0) is 225 Å². The second kappa shape index (κ2) is 49.2. The van der Waals surface area contributed by atoms with Gasteiger partial charge in [-0.2, -0.15) is 10.2 Å². The van der Waals surface area contributed by atoms with Gasteiger partial charge in [-0.1, -0.05) is 156 Å². The van der Waals surface area contributed by atoms with Gasteiger partial charge in [0.15, 0.2) is 0 Å². The molecule has 0 radical (unpaired) electrons. The van der Waals surface area contributed by atoms with Crippen LogP contribution in [0.4, 0.5) is 72.7 Å². The molecule has 0 fully saturated rings. The Morgan fingerprint density at radius 2 is 0.710 bits per heavy atom. The summed E-state index contributed by atoms with van der Waals surface area (Å²) in [5.41, 5.74) is 41.9. The molecule has 17 aromatic rings. The van der Waals surface area contributed by atoms with Gasteiger partial charge in [0.1, 0.15) is 80.6 Å². The maximum absolute atomic E-state index is 13.3. The first-order valence-corrected chi connectivity index (χ1v) is 44.8. The third kappa shape index (κ3) is 30.3. The van der Waals surface area contributed by atoms with E-state index in [0.29, 0.717) is 96.2 Å². The van der Waals surface area contributed by atoms with Crippen LogP contribution in [0.3, 0.4) is 0 Å². The van der Waals surface area contributed by atoms with Crippen molar-refractivity contribution in [3.05, 3.63) is 392 Å². The maximum atomic E-state index is 13.3. The summed E-state index contributed by atoms with van der Waals surface area (Å²) in [5.74, 6) is 4.29. The number of aryl methyl sites for hydroxylation is 2. The van der Waals surface area contributed by atoms with E-state index in [9.17, 15) is 49.4 Å². The van der Waals surface area contributed by atoms with Gasteiger partial charge in [0.25, 0.3) is 17.1 Å². The molecular formula is C109H119FLiN20NaO13. The van der Waals surface area contributed by atoms with E-state index in [2.05, 4.69) is 106 Å². The van der Waals surface area contributed by atoms with Crippen molar-refractivity contribution >= 4 is 119 Å². The number of rotatable bonds is 18. The van der Waals surface area contributed by atoms with Gasteiger partial charge < -0.3 is 72.6 Å². The van der Waals surface area contributed by atoms with Crippen molar-refractivity contribution in [3.63, 3.8) is 0 Å². The van der Waals surface area contributed by atoms with Crippen LogP contribution >= 0.6 is 0 Å². The zero-order chi connectivity index (χ0) is 104. The molecule has 7 aromatic heterocycles. The molecule has 0 aliphatic heterocycles. The molecule has 2 amide bonds. The zero-order valence-corrected chi connectivity index (χ0v) is 86.8. The normalized spacial score (nSPS) is 11.1. The molecular weight excluding hydrogens is 1850 g/mol. The standard InChI is InChI=1S/C33H36N6O2.2C18H17N3O3.C14H19N3.C10H6FNO2.C8H12N2O.C7H8N2O2.CH3.Li.Na.H/c1-21-11-13-23(14-12-21)39-30(20-28(38-39)32(2,3)4)37-31(40)36-26-15-16-27(25-10-8-7-9-24(25)26)41-33(5,6)22-17-18-35-29(34)19-22;2*1-18(2,12-9-10-20-17(19)11-12)24-16-8-7-15(21(22)23)13-5-3-4-6-14(13)16;1-10-5-7-11(8-6-10)17-13(15)9-12(16-17)14(2,3)4;11-9-5-6-10(12(13)14)8-4-2-1-3-7(8)9;1-8(2,11)6-3-4-10-7(9)5-6;1-11-7(10)5-2-3-9-6(8)4-5;;;;/h7-20H,1-6H3,(H2,34,35)(H2,36,37,40);2*3-11H,1-2H3,(H2,19,20);5-9H,15H2,1-4H3;1-6H;3-5,11H,1-2H3,(H2,9,10);2-4H,1H3,(H2,8,9);1H3;;;/q;;;;;;;-1;2*+1;-1. The van der Waals surface area contributed by atoms with Crippen molar-refractivity contribution in [2.45, 2.75) is 144 Å². The molecule has 0 bridgehead atoms. The van der Waals surface area contributed by atoms with Crippen molar-refractivity contribution in [3.8, 4) is 28.6 Å². The number of aromatic nitrogens is 9. The summed E-state index contributed by atoms with van der Waals surface area (Å²) in [6.45, 7) is 31.8. The summed E-state index contributed by atoms with van der Waals surface area (Å²) in [4.78, 5) is 75.6. The van der Waals surface area contributed by atoms with E-state index in [4.69, 9.17) is 53.7 Å². The molecule has 0 unspecified atom stereocenters. The molecule has 0 saturated carbocycles. The van der Waals surface area contributed by atoms with Gasteiger partial charge in [0.2, 0.25) is 0 Å². The Balaban J connectivity index is 0.000000241. The molecule has 145 heavy (non-hydrogen) atoms. The quantitative estimate of drug-likeness (QED) is 0.0127. The van der Waals surface area contributed by atoms with E-state index < -0.39 is 39.1 Å². The third-order valence-electron chi connectivity index (χ3n) is 22.3. The van der Waals surface area contributed by atoms with Crippen LogP contribution in [0.2, 0.25) is 0 Å². The topological polar surface area (TPSA) is 501 Å². The fourth-order valence-corrected chi connectivity index (χ4v) is 14.5. The van der Waals surface area contributed by atoms with Crippen LogP contribution in [0.25, 0.3) is 54.5 Å². The number of benzene rings is 10. The Hall–Kier alpha value is -16.0. The summed E-state index contributed by atoms with van der Waals surface area (Å²) in [6, 6.07) is 77.7. The number of nitrogens with two attached hydrogens (primary N) is 6. The van der Waals surface area contributed by atoms with E-state index in [1.165, 1.54) is 55.3 Å². The second-order valence-corrected chi connectivity index (χ2v) is 37.0. The number of carbonyl (C=O) groups excluding carboxylic acids is 2. The van der Waals surface area contributed by atoms with Crippen molar-refractivity contribution in [1.82, 2.24) is 44.5 Å². The number of nitrogens with zero attached hydrogens (tertiary/aromatic N) is 12. The molecule has 36 heteroatoms. The van der Waals surface area contributed by atoms with Gasteiger partial charge in [0.05, 0.1) is 77.7 Å². The fourth-order valence-electron chi connectivity index (χ4n) is 14.5. The predicted octanol–water partition coefficient (Wildman–Crippen LogP) is 17.5. The Labute approximate surface area is 876 Å². The van der Waals surface area contributed by atoms with Crippen molar-refractivity contribution in [2.75, 3.05) is 52.1 Å². The van der Waals surface area contributed by atoms with Gasteiger partial charge in [-0.3, -0.25) is 35.7 Å². The van der Waals surface area contributed by atoms with Crippen LogP contribution in [0.15, 0.2) is 298 Å². The first-order valence-electron chi connectivity index (χ1n) is 44.8. The number of nitro benzene ring substituents is 3. The predicted molar refractivity (Wildman–Crippen MR) is 565 cm³/mol. The second-order valence-electron chi connectivity index (χ2n) is 37.0. The minimum absolute atomic E-state index is 0. The first-order chi connectivity index (χ1) is 67.0. The molecule has 0 atom stereocenters. The number of hydrogen-bond acceptors (Lipinski definition) is 26. The molecule has 33 nitrogen and oxygen atoms in total. The first kappa shape index (κ1) is 114. The third-order valence-corrected chi connectivity index (χ3v) is 22.3. The Morgan fingerprint density at radius 1 is 0.393 bits per heavy atom. The van der Waals surface area contributed by atoms with E-state index in [0.717, 1.165) is 67.4 Å². The number of nitrogens with one attached hydrogen (secondary N) is 2. The molecule has 742 valence electrons. The molecule has 10 aromatic carbocycles. The summed E-state index contributed by atoms with van der Waals surface area (Å²) >= 11 is 0. The van der Waals surface area contributed by atoms with Crippen molar-refractivity contribution in [1.29, 1.82) is 0 Å². The molecule has 0 aliphatic carbocycles. The van der Waals surface area contributed by atoms with Crippen LogP contribution in [-0.2, 0) is 38.0 Å². The molecule has 7 heterocycles. The number of anilines is 8. The van der Waals surface area contributed by atoms with Crippen LogP contribution in [0.1, 0.15) is 153 Å². The fraction of sp³-hybridized carbons (Fsp3) is 0.211. The summed E-state index contributed by atoms with van der Waals surface area (Å²) in [7, 11) is 1.32. The van der Waals surface area contributed by atoms with Gasteiger partial charge >= 0.3 is 60.4 Å². The largest absolute Gasteiger partial charge is 1.00 e. The number of pyridine rings is 5. The summed E-state index contributed by atoms with van der Waals surface area (Å²) in [6.07, 6.45) is 7.98. The number of methoxy groups -OCH3 is 1. The molecule has 0 spiro atoms. The number of amides is 2. The van der Waals surface area contributed by atoms with E-state index >= 15 is 0 Å². The smallest absolute Gasteiger partial charge is 1.00 e. The number of hydrogen-bond donors (Lipinski definition) is 9. The number of nitrogen functional groups attached to an aromatic ring is 6. The number of fused-ring (bicyclic) bond motifs is 4.